The van der Waals surface area contributed by atoms with E-state index in [-0.39, 0.29) is 6.04 Å². The Bertz CT molecular complexity index is 1500. The minimum Gasteiger partial charge on any atom is -0.360 e. The molecule has 1 fully saturated rings. The average molecular weight is 469 g/mol. The van der Waals surface area contributed by atoms with Crippen molar-refractivity contribution in [3.63, 3.8) is 0 Å². The zero-order valence-corrected chi connectivity index (χ0v) is 20.1. The smallest absolute Gasteiger partial charge is 0.162 e. The highest BCUT2D eigenvalue weighted by Crippen LogP contribution is 2.37. The predicted molar refractivity (Wildman–Crippen MR) is 137 cm³/mol. The number of H-pyrrole nitrogens is 1. The van der Waals surface area contributed by atoms with Crippen molar-refractivity contribution in [1.82, 2.24) is 39.6 Å². The maximum absolute atomic E-state index is 5.25. The molecule has 4 aromatic heterocycles. The zero-order chi connectivity index (χ0) is 23.9. The van der Waals surface area contributed by atoms with Crippen molar-refractivity contribution in [2.45, 2.75) is 13.0 Å². The van der Waals surface area contributed by atoms with E-state index < -0.39 is 0 Å². The molecule has 6 rings (SSSR count). The Hall–Kier alpha value is -4.05. The van der Waals surface area contributed by atoms with E-state index in [1.165, 1.54) is 0 Å². The lowest BCUT2D eigenvalue weighted by Crippen LogP contribution is -2.45. The van der Waals surface area contributed by atoms with Crippen molar-refractivity contribution in [2.75, 3.05) is 43.4 Å². The number of imidazole rings is 1. The monoisotopic (exact) mass is 468 g/mol. The van der Waals surface area contributed by atoms with Crippen LogP contribution in [0.3, 0.4) is 0 Å². The molecule has 1 aliphatic rings. The number of likely N-dealkylation sites (N-methyl/N-ethyl adjacent to an activating group) is 1. The normalized spacial score (nSPS) is 15.7. The molecule has 1 saturated heterocycles. The molecule has 178 valence electrons. The van der Waals surface area contributed by atoms with E-state index in [0.29, 0.717) is 11.5 Å². The number of pyridine rings is 1. The fourth-order valence-corrected chi connectivity index (χ4v) is 4.73. The Morgan fingerprint density at radius 1 is 1.06 bits per heavy atom. The van der Waals surface area contributed by atoms with Gasteiger partial charge in [0.2, 0.25) is 0 Å². The van der Waals surface area contributed by atoms with Crippen molar-refractivity contribution in [3.05, 3.63) is 55.0 Å². The summed E-state index contributed by atoms with van der Waals surface area (Å²) in [6.07, 6.45) is 7.16. The number of benzene rings is 1. The largest absolute Gasteiger partial charge is 0.360 e. The summed E-state index contributed by atoms with van der Waals surface area (Å²) in [7, 11) is 4.12. The average Bonchev–Trinajstić information content (AvgIpc) is 3.53. The van der Waals surface area contributed by atoms with Crippen LogP contribution >= 0.6 is 0 Å². The summed E-state index contributed by atoms with van der Waals surface area (Å²) in [5.74, 6) is 1.71. The van der Waals surface area contributed by atoms with Crippen molar-refractivity contribution in [1.29, 1.82) is 0 Å². The van der Waals surface area contributed by atoms with Crippen LogP contribution in [0.4, 0.5) is 11.6 Å². The van der Waals surface area contributed by atoms with Gasteiger partial charge in [-0.1, -0.05) is 18.2 Å². The van der Waals surface area contributed by atoms with Gasteiger partial charge in [0.05, 0.1) is 24.3 Å². The topological polar surface area (TPSA) is 104 Å². The van der Waals surface area contributed by atoms with Gasteiger partial charge in [0.15, 0.2) is 11.5 Å². The fourth-order valence-electron chi connectivity index (χ4n) is 4.73. The van der Waals surface area contributed by atoms with E-state index in [0.717, 1.165) is 65.1 Å². The number of piperazine rings is 1. The predicted octanol–water partition coefficient (Wildman–Crippen LogP) is 3.23. The minimum atomic E-state index is -0.0811. The number of hydrogen-bond acceptors (Lipinski definition) is 8. The quantitative estimate of drug-likeness (QED) is 0.405. The van der Waals surface area contributed by atoms with E-state index in [1.54, 1.807) is 12.7 Å². The number of aromatic amines is 1. The van der Waals surface area contributed by atoms with E-state index in [1.807, 2.05) is 17.9 Å². The minimum absolute atomic E-state index is 0.0811. The lowest BCUT2D eigenvalue weighted by Gasteiger charge is -2.34. The van der Waals surface area contributed by atoms with Gasteiger partial charge < -0.3 is 20.1 Å². The molecule has 1 aromatic carbocycles. The molecule has 10 heteroatoms. The van der Waals surface area contributed by atoms with Gasteiger partial charge in [-0.15, -0.1) is 0 Å². The molecule has 0 bridgehead atoms. The molecule has 35 heavy (non-hydrogen) atoms. The molecular weight excluding hydrogens is 440 g/mol. The van der Waals surface area contributed by atoms with Crippen LogP contribution < -0.4 is 10.2 Å². The van der Waals surface area contributed by atoms with Crippen LogP contribution in [0.1, 0.15) is 18.7 Å². The Balaban J connectivity index is 1.46. The summed E-state index contributed by atoms with van der Waals surface area (Å²) in [6.45, 7) is 5.99. The molecule has 2 N–H and O–H groups in total. The first-order valence-electron chi connectivity index (χ1n) is 11.8. The summed E-state index contributed by atoms with van der Waals surface area (Å²) < 4.78 is 1.84. The standard InChI is InChI=1S/C25H28N10/c1-16(31-24-22-23(27-14-26-22)28-15-29-24)20-11-17-5-4-6-19(18-12-30-34(3)13-18)21(17)25(32-20)35-9-7-33(2)8-10-35/h4-6,11-16H,7-10H2,1-3H3,(H2,26,27,28,29,31)/t16-/m0/s1. The van der Waals surface area contributed by atoms with Crippen LogP contribution in [0.25, 0.3) is 33.1 Å². The molecule has 0 unspecified atom stereocenters. The second-order valence-corrected chi connectivity index (χ2v) is 9.16. The fraction of sp³-hybridized carbons (Fsp3) is 0.320. The third kappa shape index (κ3) is 3.95. The highest BCUT2D eigenvalue weighted by Gasteiger charge is 2.23. The summed E-state index contributed by atoms with van der Waals surface area (Å²) in [6, 6.07) is 8.54. The molecule has 0 saturated carbocycles. The van der Waals surface area contributed by atoms with Crippen molar-refractivity contribution >= 4 is 33.6 Å². The number of anilines is 2. The Labute approximate surface area is 203 Å². The van der Waals surface area contributed by atoms with E-state index in [4.69, 9.17) is 4.98 Å². The third-order valence-electron chi connectivity index (χ3n) is 6.69. The molecule has 0 radical (unpaired) electrons. The number of fused-ring (bicyclic) bond motifs is 2. The van der Waals surface area contributed by atoms with Crippen LogP contribution in [0.2, 0.25) is 0 Å². The number of hydrogen-bond donors (Lipinski definition) is 2. The van der Waals surface area contributed by atoms with Gasteiger partial charge in [-0.2, -0.15) is 5.10 Å². The SMILES string of the molecule is C[C@H](Nc1ncnc2[nH]cnc12)c1cc2cccc(-c3cnn(C)c3)c2c(N2CCN(C)CC2)n1. The van der Waals surface area contributed by atoms with E-state index in [2.05, 4.69) is 84.6 Å². The molecule has 0 aliphatic carbocycles. The highest BCUT2D eigenvalue weighted by atomic mass is 15.3. The number of aryl methyl sites for hydroxylation is 1. The van der Waals surface area contributed by atoms with Crippen molar-refractivity contribution in [3.8, 4) is 11.1 Å². The zero-order valence-electron chi connectivity index (χ0n) is 20.1. The number of nitrogens with zero attached hydrogens (tertiary/aromatic N) is 8. The summed E-state index contributed by atoms with van der Waals surface area (Å²) in [5, 5.41) is 10.2. The second-order valence-electron chi connectivity index (χ2n) is 9.16. The van der Waals surface area contributed by atoms with Crippen LogP contribution in [-0.2, 0) is 7.05 Å². The van der Waals surface area contributed by atoms with E-state index in [9.17, 15) is 0 Å². The third-order valence-corrected chi connectivity index (χ3v) is 6.69. The van der Waals surface area contributed by atoms with Crippen LogP contribution in [0, 0.1) is 0 Å². The first kappa shape index (κ1) is 21.5. The first-order valence-corrected chi connectivity index (χ1v) is 11.8. The molecule has 10 nitrogen and oxygen atoms in total. The van der Waals surface area contributed by atoms with Gasteiger partial charge in [0.25, 0.3) is 0 Å². The van der Waals surface area contributed by atoms with Gasteiger partial charge in [-0.05, 0) is 31.0 Å². The van der Waals surface area contributed by atoms with Gasteiger partial charge in [0, 0.05) is 50.4 Å². The number of aromatic nitrogens is 7. The van der Waals surface area contributed by atoms with Gasteiger partial charge in [-0.25, -0.2) is 19.9 Å². The molecule has 1 atom stereocenters. The molecular formula is C25H28N10. The molecule has 5 heterocycles. The Morgan fingerprint density at radius 3 is 2.71 bits per heavy atom. The summed E-state index contributed by atoms with van der Waals surface area (Å²) >= 11 is 0. The van der Waals surface area contributed by atoms with Crippen molar-refractivity contribution in [2.24, 2.45) is 7.05 Å². The van der Waals surface area contributed by atoms with Crippen LogP contribution in [0.5, 0.6) is 0 Å². The second kappa shape index (κ2) is 8.62. The Morgan fingerprint density at radius 2 is 1.91 bits per heavy atom. The van der Waals surface area contributed by atoms with Crippen molar-refractivity contribution < 1.29 is 0 Å². The Kier molecular flexibility index (Phi) is 5.29. The molecule has 5 aromatic rings. The maximum Gasteiger partial charge on any atom is 0.162 e. The lowest BCUT2D eigenvalue weighted by molar-refractivity contribution is 0.312. The van der Waals surface area contributed by atoms with Crippen LogP contribution in [0.15, 0.2) is 49.3 Å². The van der Waals surface area contributed by atoms with Crippen LogP contribution in [-0.4, -0.2) is 72.8 Å². The lowest BCUT2D eigenvalue weighted by atomic mass is 9.99. The summed E-state index contributed by atoms with van der Waals surface area (Å²) in [4.78, 5) is 26.1. The van der Waals surface area contributed by atoms with Gasteiger partial charge in [-0.3, -0.25) is 4.68 Å². The van der Waals surface area contributed by atoms with Gasteiger partial charge in [0.1, 0.15) is 17.7 Å². The molecule has 1 aliphatic heterocycles. The maximum atomic E-state index is 5.25. The van der Waals surface area contributed by atoms with E-state index >= 15 is 0 Å². The molecule has 0 amide bonds. The highest BCUT2D eigenvalue weighted by molar-refractivity contribution is 6.04. The number of rotatable bonds is 5. The first-order chi connectivity index (χ1) is 17.1. The number of nitrogens with one attached hydrogen (secondary N) is 2. The summed E-state index contributed by atoms with van der Waals surface area (Å²) in [5.41, 5.74) is 4.63. The molecule has 0 spiro atoms. The van der Waals surface area contributed by atoms with Gasteiger partial charge >= 0.3 is 0 Å².